The summed E-state index contributed by atoms with van der Waals surface area (Å²) in [5.41, 5.74) is 0.849. The van der Waals surface area contributed by atoms with E-state index in [1.165, 1.54) is 11.8 Å². The zero-order valence-electron chi connectivity index (χ0n) is 13.8. The largest absolute Gasteiger partial charge is 0.461 e. The van der Waals surface area contributed by atoms with Gasteiger partial charge in [-0.2, -0.15) is 0 Å². The van der Waals surface area contributed by atoms with Gasteiger partial charge < -0.3 is 13.9 Å². The third kappa shape index (κ3) is 3.83. The molecule has 2 aromatic heterocycles. The number of aromatic nitrogens is 3. The molecule has 0 saturated carbocycles. The van der Waals surface area contributed by atoms with Crippen LogP contribution >= 0.6 is 11.8 Å². The van der Waals surface area contributed by atoms with E-state index in [4.69, 9.17) is 4.42 Å². The van der Waals surface area contributed by atoms with Gasteiger partial charge in [0, 0.05) is 19.3 Å². The maximum atomic E-state index is 12.6. The van der Waals surface area contributed by atoms with Crippen molar-refractivity contribution in [1.29, 1.82) is 0 Å². The Morgan fingerprint density at radius 3 is 2.76 bits per heavy atom. The summed E-state index contributed by atoms with van der Waals surface area (Å²) < 4.78 is 7.17. The van der Waals surface area contributed by atoms with Gasteiger partial charge in [0.1, 0.15) is 0 Å². The SMILES string of the molecule is C=CCN(C(=O)CSc1nnc(-c2ccco2)n1C)c1ccccc1. The number of hydrogen-bond acceptors (Lipinski definition) is 5. The topological polar surface area (TPSA) is 64.2 Å². The Bertz CT molecular complexity index is 843. The van der Waals surface area contributed by atoms with Gasteiger partial charge in [0.05, 0.1) is 12.0 Å². The Kier molecular flexibility index (Phi) is 5.35. The van der Waals surface area contributed by atoms with Gasteiger partial charge in [0.2, 0.25) is 5.91 Å². The van der Waals surface area contributed by atoms with Crippen LogP contribution in [0, 0.1) is 0 Å². The first-order valence-electron chi connectivity index (χ1n) is 7.73. The van der Waals surface area contributed by atoms with Crippen molar-refractivity contribution in [3.05, 3.63) is 61.4 Å². The average Bonchev–Trinajstić information content (AvgIpc) is 3.28. The molecule has 0 atom stereocenters. The fourth-order valence-corrected chi connectivity index (χ4v) is 3.14. The zero-order valence-corrected chi connectivity index (χ0v) is 14.6. The Morgan fingerprint density at radius 2 is 2.08 bits per heavy atom. The molecule has 0 unspecified atom stereocenters. The van der Waals surface area contributed by atoms with Crippen LogP contribution in [0.25, 0.3) is 11.6 Å². The maximum Gasteiger partial charge on any atom is 0.237 e. The van der Waals surface area contributed by atoms with E-state index in [9.17, 15) is 4.79 Å². The molecule has 0 fully saturated rings. The summed E-state index contributed by atoms with van der Waals surface area (Å²) in [5.74, 6) is 1.52. The third-order valence-electron chi connectivity index (χ3n) is 3.58. The quantitative estimate of drug-likeness (QED) is 0.481. The van der Waals surface area contributed by atoms with Crippen LogP contribution in [0.15, 0.2) is 71.0 Å². The summed E-state index contributed by atoms with van der Waals surface area (Å²) in [6.07, 6.45) is 3.31. The van der Waals surface area contributed by atoms with Crippen molar-refractivity contribution >= 4 is 23.4 Å². The normalized spacial score (nSPS) is 10.6. The molecule has 1 amide bonds. The second-order valence-electron chi connectivity index (χ2n) is 5.26. The van der Waals surface area contributed by atoms with Crippen LogP contribution in [0.2, 0.25) is 0 Å². The number of thioether (sulfide) groups is 1. The second-order valence-corrected chi connectivity index (χ2v) is 6.20. The summed E-state index contributed by atoms with van der Waals surface area (Å²) in [6.45, 7) is 4.19. The molecule has 2 heterocycles. The van der Waals surface area contributed by atoms with Crippen molar-refractivity contribution in [3.8, 4) is 11.6 Å². The predicted molar refractivity (Wildman–Crippen MR) is 98.4 cm³/mol. The smallest absolute Gasteiger partial charge is 0.237 e. The van der Waals surface area contributed by atoms with E-state index in [2.05, 4.69) is 16.8 Å². The first kappa shape index (κ1) is 17.0. The molecule has 25 heavy (non-hydrogen) atoms. The van der Waals surface area contributed by atoms with Crippen molar-refractivity contribution in [2.24, 2.45) is 7.05 Å². The summed E-state index contributed by atoms with van der Waals surface area (Å²) in [7, 11) is 1.85. The number of furan rings is 1. The minimum atomic E-state index is -0.0151. The number of anilines is 1. The molecule has 0 bridgehead atoms. The zero-order chi connectivity index (χ0) is 17.6. The molecule has 3 rings (SSSR count). The molecule has 6 nitrogen and oxygen atoms in total. The van der Waals surface area contributed by atoms with Crippen LogP contribution in [-0.4, -0.2) is 33.0 Å². The molecule has 128 valence electrons. The van der Waals surface area contributed by atoms with Crippen LogP contribution in [0.4, 0.5) is 5.69 Å². The van der Waals surface area contributed by atoms with E-state index in [1.54, 1.807) is 23.3 Å². The highest BCUT2D eigenvalue weighted by Crippen LogP contribution is 2.24. The van der Waals surface area contributed by atoms with Gasteiger partial charge in [-0.05, 0) is 24.3 Å². The summed E-state index contributed by atoms with van der Waals surface area (Å²) in [5, 5.41) is 8.94. The summed E-state index contributed by atoms with van der Waals surface area (Å²) in [6, 6.07) is 13.2. The minimum absolute atomic E-state index is 0.0151. The molecule has 1 aromatic carbocycles. The number of amides is 1. The van der Waals surface area contributed by atoms with Crippen molar-refractivity contribution in [2.75, 3.05) is 17.2 Å². The predicted octanol–water partition coefficient (Wildman–Crippen LogP) is 3.39. The highest BCUT2D eigenvalue weighted by atomic mass is 32.2. The van der Waals surface area contributed by atoms with Gasteiger partial charge in [-0.3, -0.25) is 4.79 Å². The lowest BCUT2D eigenvalue weighted by molar-refractivity contribution is -0.116. The van der Waals surface area contributed by atoms with Gasteiger partial charge in [0.15, 0.2) is 16.7 Å². The molecule has 0 aliphatic rings. The van der Waals surface area contributed by atoms with E-state index >= 15 is 0 Å². The molecular formula is C18H18N4O2S. The fraction of sp³-hybridized carbons (Fsp3) is 0.167. The first-order valence-corrected chi connectivity index (χ1v) is 8.71. The molecule has 3 aromatic rings. The number of para-hydroxylation sites is 1. The number of benzene rings is 1. The van der Waals surface area contributed by atoms with E-state index in [-0.39, 0.29) is 11.7 Å². The Labute approximate surface area is 150 Å². The van der Waals surface area contributed by atoms with Crippen LogP contribution < -0.4 is 4.90 Å². The summed E-state index contributed by atoms with van der Waals surface area (Å²) >= 11 is 1.34. The summed E-state index contributed by atoms with van der Waals surface area (Å²) in [4.78, 5) is 14.3. The number of nitrogens with zero attached hydrogens (tertiary/aromatic N) is 4. The number of carbonyl (C=O) groups is 1. The molecule has 0 spiro atoms. The highest BCUT2D eigenvalue weighted by Gasteiger charge is 2.18. The van der Waals surface area contributed by atoms with Gasteiger partial charge >= 0.3 is 0 Å². The molecule has 0 aliphatic carbocycles. The lowest BCUT2D eigenvalue weighted by Gasteiger charge is -2.20. The molecule has 7 heteroatoms. The average molecular weight is 354 g/mol. The molecule has 0 saturated heterocycles. The third-order valence-corrected chi connectivity index (χ3v) is 4.59. The number of carbonyl (C=O) groups excluding carboxylic acids is 1. The van der Waals surface area contributed by atoms with Gasteiger partial charge in [0.25, 0.3) is 0 Å². The Balaban J connectivity index is 1.70. The first-order chi connectivity index (χ1) is 12.2. The van der Waals surface area contributed by atoms with Crippen LogP contribution in [0.3, 0.4) is 0 Å². The molecule has 0 aliphatic heterocycles. The van der Waals surface area contributed by atoms with E-state index in [0.29, 0.717) is 23.3 Å². The second kappa shape index (κ2) is 7.85. The Hall–Kier alpha value is -2.80. The minimum Gasteiger partial charge on any atom is -0.461 e. The van der Waals surface area contributed by atoms with Crippen molar-refractivity contribution in [3.63, 3.8) is 0 Å². The molecular weight excluding hydrogens is 336 g/mol. The van der Waals surface area contributed by atoms with Crippen molar-refractivity contribution < 1.29 is 9.21 Å². The fourth-order valence-electron chi connectivity index (χ4n) is 2.35. The van der Waals surface area contributed by atoms with Crippen LogP contribution in [-0.2, 0) is 11.8 Å². The van der Waals surface area contributed by atoms with E-state index < -0.39 is 0 Å². The van der Waals surface area contributed by atoms with Crippen LogP contribution in [0.5, 0.6) is 0 Å². The van der Waals surface area contributed by atoms with Crippen LogP contribution in [0.1, 0.15) is 0 Å². The lowest BCUT2D eigenvalue weighted by atomic mass is 10.3. The monoisotopic (exact) mass is 354 g/mol. The maximum absolute atomic E-state index is 12.6. The van der Waals surface area contributed by atoms with E-state index in [1.807, 2.05) is 48.0 Å². The molecule has 0 radical (unpaired) electrons. The van der Waals surface area contributed by atoms with Gasteiger partial charge in [-0.1, -0.05) is 36.0 Å². The highest BCUT2D eigenvalue weighted by molar-refractivity contribution is 7.99. The Morgan fingerprint density at radius 1 is 1.28 bits per heavy atom. The van der Waals surface area contributed by atoms with Crippen molar-refractivity contribution in [2.45, 2.75) is 5.16 Å². The number of rotatable bonds is 7. The van der Waals surface area contributed by atoms with E-state index in [0.717, 1.165) is 5.69 Å². The standard InChI is InChI=1S/C18H18N4O2S/c1-3-11-22(14-8-5-4-6-9-14)16(23)13-25-18-20-19-17(21(18)2)15-10-7-12-24-15/h3-10,12H,1,11,13H2,2H3. The lowest BCUT2D eigenvalue weighted by Crippen LogP contribution is -2.32. The van der Waals surface area contributed by atoms with Gasteiger partial charge in [-0.25, -0.2) is 0 Å². The number of hydrogen-bond donors (Lipinski definition) is 0. The van der Waals surface area contributed by atoms with Gasteiger partial charge in [-0.15, -0.1) is 16.8 Å². The van der Waals surface area contributed by atoms with Crippen molar-refractivity contribution in [1.82, 2.24) is 14.8 Å². The molecule has 0 N–H and O–H groups in total.